The summed E-state index contributed by atoms with van der Waals surface area (Å²) in [6, 6.07) is 4.01. The lowest BCUT2D eigenvalue weighted by Crippen LogP contribution is -2.35. The normalized spacial score (nSPS) is 13.2. The van der Waals surface area contributed by atoms with Crippen molar-refractivity contribution in [1.29, 1.82) is 0 Å². The van der Waals surface area contributed by atoms with Gasteiger partial charge in [-0.15, -0.1) is 0 Å². The lowest BCUT2D eigenvalue weighted by Gasteiger charge is -2.25. The van der Waals surface area contributed by atoms with Crippen LogP contribution in [0.3, 0.4) is 0 Å². The van der Waals surface area contributed by atoms with Crippen molar-refractivity contribution in [2.45, 2.75) is 57.5 Å². The molecule has 0 aliphatic heterocycles. The fraction of sp³-hybridized carbons (Fsp3) is 0.562. The summed E-state index contributed by atoms with van der Waals surface area (Å²) < 4.78 is 27.0. The maximum Gasteiger partial charge on any atom is 0.255 e. The van der Waals surface area contributed by atoms with E-state index in [1.54, 1.807) is 25.8 Å². The number of amides is 1. The molecule has 0 saturated carbocycles. The Kier molecular flexibility index (Phi) is 7.04. The number of hydrogen-bond acceptors (Lipinski definition) is 3. The van der Waals surface area contributed by atoms with E-state index < -0.39 is 10.0 Å². The molecule has 0 radical (unpaired) electrons. The largest absolute Gasteiger partial charge is 0.339 e. The number of sulfonamides is 1. The van der Waals surface area contributed by atoms with Crippen LogP contribution in [0, 0.1) is 0 Å². The Bertz CT molecular complexity index is 659. The fourth-order valence-corrected chi connectivity index (χ4v) is 3.69. The predicted molar refractivity (Wildman–Crippen MR) is 93.4 cm³/mol. The van der Waals surface area contributed by atoms with Crippen LogP contribution in [0.1, 0.15) is 50.9 Å². The number of nitrogens with one attached hydrogen (secondary N) is 1. The number of carbonyl (C=O) groups excluding carboxylic acids is 1. The zero-order chi connectivity index (χ0) is 17.8. The van der Waals surface area contributed by atoms with Gasteiger partial charge in [-0.2, -0.15) is 0 Å². The van der Waals surface area contributed by atoms with Crippen LogP contribution in [0.25, 0.3) is 0 Å². The highest BCUT2D eigenvalue weighted by Crippen LogP contribution is 2.23. The number of nitrogens with zero attached hydrogens (tertiary/aromatic N) is 1. The quantitative estimate of drug-likeness (QED) is 0.811. The molecule has 1 rings (SSSR count). The first-order valence-corrected chi connectivity index (χ1v) is 9.55. The van der Waals surface area contributed by atoms with Crippen LogP contribution in [-0.2, 0) is 10.0 Å². The third-order valence-electron chi connectivity index (χ3n) is 3.56. The van der Waals surface area contributed by atoms with Gasteiger partial charge in [0.15, 0.2) is 0 Å². The Balaban J connectivity index is 3.18. The SMILES string of the molecule is CCCC(C)N(C)C(=O)c1cc(S(=O)(=O)NC(C)C)ccc1Cl. The van der Waals surface area contributed by atoms with Gasteiger partial charge in [-0.05, 0) is 45.4 Å². The standard InChI is InChI=1S/C16H25ClN2O3S/c1-6-7-12(4)19(5)16(20)14-10-13(8-9-15(14)17)23(21,22)18-11(2)3/h8-12,18H,6-7H2,1-5H3. The summed E-state index contributed by atoms with van der Waals surface area (Å²) in [5.74, 6) is -0.280. The number of halogens is 1. The molecule has 1 unspecified atom stereocenters. The molecule has 0 aromatic heterocycles. The molecule has 1 atom stereocenters. The molecular weight excluding hydrogens is 336 g/mol. The highest BCUT2D eigenvalue weighted by Gasteiger charge is 2.23. The second-order valence-electron chi connectivity index (χ2n) is 5.97. The van der Waals surface area contributed by atoms with Gasteiger partial charge in [-0.3, -0.25) is 4.79 Å². The van der Waals surface area contributed by atoms with Crippen LogP contribution in [0.5, 0.6) is 0 Å². The molecule has 0 saturated heterocycles. The average molecular weight is 361 g/mol. The summed E-state index contributed by atoms with van der Waals surface area (Å²) >= 11 is 6.11. The minimum absolute atomic E-state index is 0.0375. The van der Waals surface area contributed by atoms with Crippen molar-refractivity contribution in [3.63, 3.8) is 0 Å². The molecule has 1 amide bonds. The zero-order valence-corrected chi connectivity index (χ0v) is 15.8. The molecule has 1 aromatic rings. The van der Waals surface area contributed by atoms with E-state index in [2.05, 4.69) is 4.72 Å². The van der Waals surface area contributed by atoms with Crippen LogP contribution in [0.4, 0.5) is 0 Å². The van der Waals surface area contributed by atoms with E-state index in [4.69, 9.17) is 11.6 Å². The molecule has 0 aliphatic rings. The maximum absolute atomic E-state index is 12.6. The van der Waals surface area contributed by atoms with E-state index in [1.165, 1.54) is 18.2 Å². The molecule has 0 fully saturated rings. The third-order valence-corrected chi connectivity index (χ3v) is 5.54. The highest BCUT2D eigenvalue weighted by atomic mass is 35.5. The molecule has 23 heavy (non-hydrogen) atoms. The van der Waals surface area contributed by atoms with Crippen LogP contribution < -0.4 is 4.72 Å². The van der Waals surface area contributed by atoms with Gasteiger partial charge in [-0.1, -0.05) is 24.9 Å². The van der Waals surface area contributed by atoms with E-state index in [9.17, 15) is 13.2 Å². The van der Waals surface area contributed by atoms with E-state index in [1.807, 2.05) is 13.8 Å². The number of hydrogen-bond donors (Lipinski definition) is 1. The average Bonchev–Trinajstić information content (AvgIpc) is 2.44. The van der Waals surface area contributed by atoms with Gasteiger partial charge in [0, 0.05) is 19.1 Å². The van der Waals surface area contributed by atoms with E-state index in [0.717, 1.165) is 12.8 Å². The Hall–Kier alpha value is -1.11. The smallest absolute Gasteiger partial charge is 0.255 e. The van der Waals surface area contributed by atoms with Gasteiger partial charge in [0.2, 0.25) is 10.0 Å². The lowest BCUT2D eigenvalue weighted by molar-refractivity contribution is 0.0736. The molecule has 0 heterocycles. The highest BCUT2D eigenvalue weighted by molar-refractivity contribution is 7.89. The van der Waals surface area contributed by atoms with Crippen molar-refractivity contribution >= 4 is 27.5 Å². The van der Waals surface area contributed by atoms with Crippen molar-refractivity contribution in [2.24, 2.45) is 0 Å². The maximum atomic E-state index is 12.6. The van der Waals surface area contributed by atoms with E-state index in [0.29, 0.717) is 0 Å². The van der Waals surface area contributed by atoms with Gasteiger partial charge < -0.3 is 4.90 Å². The van der Waals surface area contributed by atoms with Gasteiger partial charge in [0.25, 0.3) is 5.91 Å². The van der Waals surface area contributed by atoms with Gasteiger partial charge in [0.1, 0.15) is 0 Å². The molecule has 1 aromatic carbocycles. The van der Waals surface area contributed by atoms with Crippen molar-refractivity contribution in [2.75, 3.05) is 7.05 Å². The van der Waals surface area contributed by atoms with Crippen LogP contribution in [-0.4, -0.2) is 38.4 Å². The summed E-state index contributed by atoms with van der Waals surface area (Å²) in [4.78, 5) is 14.2. The Morgan fingerprint density at radius 1 is 1.30 bits per heavy atom. The summed E-state index contributed by atoms with van der Waals surface area (Å²) in [5.41, 5.74) is 0.198. The number of rotatable bonds is 7. The van der Waals surface area contributed by atoms with Crippen LogP contribution in [0.2, 0.25) is 5.02 Å². The molecule has 0 aliphatic carbocycles. The predicted octanol–water partition coefficient (Wildman–Crippen LogP) is 3.29. The molecule has 1 N–H and O–H groups in total. The van der Waals surface area contributed by atoms with Crippen LogP contribution in [0.15, 0.2) is 23.1 Å². The monoisotopic (exact) mass is 360 g/mol. The summed E-state index contributed by atoms with van der Waals surface area (Å²) in [5, 5.41) is 0.244. The first-order chi connectivity index (χ1) is 10.6. The zero-order valence-electron chi connectivity index (χ0n) is 14.3. The van der Waals surface area contributed by atoms with Crippen LogP contribution >= 0.6 is 11.6 Å². The van der Waals surface area contributed by atoms with Crippen molar-refractivity contribution in [3.05, 3.63) is 28.8 Å². The summed E-state index contributed by atoms with van der Waals surface area (Å²) in [6.45, 7) is 7.47. The lowest BCUT2D eigenvalue weighted by atomic mass is 10.1. The molecular formula is C16H25ClN2O3S. The summed E-state index contributed by atoms with van der Waals surface area (Å²) in [7, 11) is -1.97. The van der Waals surface area contributed by atoms with Crippen molar-refractivity contribution in [1.82, 2.24) is 9.62 Å². The second-order valence-corrected chi connectivity index (χ2v) is 8.09. The Morgan fingerprint density at radius 2 is 1.91 bits per heavy atom. The molecule has 130 valence electrons. The Morgan fingerprint density at radius 3 is 2.43 bits per heavy atom. The number of benzene rings is 1. The van der Waals surface area contributed by atoms with Gasteiger partial charge in [0.05, 0.1) is 15.5 Å². The van der Waals surface area contributed by atoms with E-state index >= 15 is 0 Å². The summed E-state index contributed by atoms with van der Waals surface area (Å²) in [6.07, 6.45) is 1.83. The third kappa shape index (κ3) is 5.19. The van der Waals surface area contributed by atoms with Gasteiger partial charge in [-0.25, -0.2) is 13.1 Å². The van der Waals surface area contributed by atoms with E-state index in [-0.39, 0.29) is 33.5 Å². The topological polar surface area (TPSA) is 66.5 Å². The first-order valence-electron chi connectivity index (χ1n) is 7.69. The number of carbonyl (C=O) groups is 1. The van der Waals surface area contributed by atoms with Crippen molar-refractivity contribution in [3.8, 4) is 0 Å². The minimum Gasteiger partial charge on any atom is -0.339 e. The minimum atomic E-state index is -3.67. The molecule has 0 bridgehead atoms. The molecule has 7 heteroatoms. The first kappa shape index (κ1) is 19.9. The second kappa shape index (κ2) is 8.13. The van der Waals surface area contributed by atoms with Crippen molar-refractivity contribution < 1.29 is 13.2 Å². The molecule has 5 nitrogen and oxygen atoms in total. The van der Waals surface area contributed by atoms with Gasteiger partial charge >= 0.3 is 0 Å². The molecule has 0 spiro atoms. The fourth-order valence-electron chi connectivity index (χ4n) is 2.22. The Labute approximate surface area is 144 Å².